The zero-order valence-electron chi connectivity index (χ0n) is 12.4. The van der Waals surface area contributed by atoms with Crippen LogP contribution in [0.3, 0.4) is 0 Å². The highest BCUT2D eigenvalue weighted by Gasteiger charge is 2.18. The number of benzene rings is 1. The van der Waals surface area contributed by atoms with Crippen molar-refractivity contribution in [3.05, 3.63) is 48.6 Å². The number of alkyl carbamates (subject to hydrolysis) is 1. The van der Waals surface area contributed by atoms with E-state index in [9.17, 15) is 4.79 Å². The molecule has 0 unspecified atom stereocenters. The first-order valence-electron chi connectivity index (χ1n) is 6.64. The van der Waals surface area contributed by atoms with Gasteiger partial charge in [0.05, 0.1) is 19.3 Å². The number of carbonyl (C=O) groups is 1. The lowest BCUT2D eigenvalue weighted by atomic mass is 10.2. The minimum absolute atomic E-state index is 0.270. The molecule has 0 radical (unpaired) electrons. The first kappa shape index (κ1) is 16.2. The molecule has 1 atom stereocenters. The number of hydrogen-bond donors (Lipinski definition) is 1. The molecule has 0 aliphatic heterocycles. The van der Waals surface area contributed by atoms with Gasteiger partial charge in [0.2, 0.25) is 0 Å². The molecule has 0 heterocycles. The summed E-state index contributed by atoms with van der Waals surface area (Å²) in [4.78, 5) is 11.6. The molecule has 4 heteroatoms. The van der Waals surface area contributed by atoms with Crippen molar-refractivity contribution in [3.8, 4) is 0 Å². The average Bonchev–Trinajstić information content (AvgIpc) is 2.36. The molecule has 0 saturated heterocycles. The zero-order chi connectivity index (χ0) is 15.0. The Morgan fingerprint density at radius 1 is 1.35 bits per heavy atom. The number of ether oxygens (including phenoxy) is 2. The molecule has 4 nitrogen and oxygen atoms in total. The third-order valence-electron chi connectivity index (χ3n) is 2.40. The van der Waals surface area contributed by atoms with Crippen LogP contribution in [0.4, 0.5) is 4.79 Å². The monoisotopic (exact) mass is 277 g/mol. The van der Waals surface area contributed by atoms with E-state index >= 15 is 0 Å². The van der Waals surface area contributed by atoms with E-state index in [1.165, 1.54) is 0 Å². The van der Waals surface area contributed by atoms with Crippen molar-refractivity contribution in [2.24, 2.45) is 0 Å². The fraction of sp³-hybridized carbons (Fsp3) is 0.438. The molecule has 1 aromatic carbocycles. The zero-order valence-corrected chi connectivity index (χ0v) is 12.4. The SMILES string of the molecule is C=C[C@@H](COCc1ccccc1)NC(=O)OC(C)(C)C. The van der Waals surface area contributed by atoms with Crippen LogP contribution in [0, 0.1) is 0 Å². The quantitative estimate of drug-likeness (QED) is 0.812. The largest absolute Gasteiger partial charge is 0.444 e. The first-order chi connectivity index (χ1) is 9.40. The molecule has 1 N–H and O–H groups in total. The lowest BCUT2D eigenvalue weighted by molar-refractivity contribution is 0.0459. The van der Waals surface area contributed by atoms with Gasteiger partial charge in [-0.1, -0.05) is 36.4 Å². The topological polar surface area (TPSA) is 47.6 Å². The summed E-state index contributed by atoms with van der Waals surface area (Å²) in [6, 6.07) is 9.59. The van der Waals surface area contributed by atoms with E-state index in [0.717, 1.165) is 5.56 Å². The van der Waals surface area contributed by atoms with Crippen LogP contribution in [0.5, 0.6) is 0 Å². The highest BCUT2D eigenvalue weighted by atomic mass is 16.6. The molecule has 0 bridgehead atoms. The van der Waals surface area contributed by atoms with Crippen molar-refractivity contribution in [2.75, 3.05) is 6.61 Å². The van der Waals surface area contributed by atoms with E-state index in [4.69, 9.17) is 9.47 Å². The second kappa shape index (κ2) is 7.70. The molecule has 20 heavy (non-hydrogen) atoms. The molecule has 0 saturated carbocycles. The van der Waals surface area contributed by atoms with Crippen molar-refractivity contribution < 1.29 is 14.3 Å². The Bertz CT molecular complexity index is 423. The minimum Gasteiger partial charge on any atom is -0.444 e. The van der Waals surface area contributed by atoms with E-state index in [2.05, 4.69) is 11.9 Å². The van der Waals surface area contributed by atoms with Crippen molar-refractivity contribution in [2.45, 2.75) is 39.0 Å². The molecule has 0 aromatic heterocycles. The van der Waals surface area contributed by atoms with Gasteiger partial charge in [-0.2, -0.15) is 0 Å². The Kier molecular flexibility index (Phi) is 6.25. The molecule has 1 rings (SSSR count). The predicted molar refractivity (Wildman–Crippen MR) is 79.5 cm³/mol. The Morgan fingerprint density at radius 3 is 2.55 bits per heavy atom. The summed E-state index contributed by atoms with van der Waals surface area (Å²) in [5, 5.41) is 2.71. The van der Waals surface area contributed by atoms with Crippen LogP contribution in [0.15, 0.2) is 43.0 Å². The average molecular weight is 277 g/mol. The predicted octanol–water partition coefficient (Wildman–Crippen LogP) is 3.28. The summed E-state index contributed by atoms with van der Waals surface area (Å²) in [5.41, 5.74) is 0.577. The molecule has 110 valence electrons. The minimum atomic E-state index is -0.513. The highest BCUT2D eigenvalue weighted by Crippen LogP contribution is 2.07. The van der Waals surface area contributed by atoms with Crippen LogP contribution in [0.25, 0.3) is 0 Å². The number of carbonyl (C=O) groups excluding carboxylic acids is 1. The van der Waals surface area contributed by atoms with Crippen LogP contribution in [-0.4, -0.2) is 24.3 Å². The first-order valence-corrected chi connectivity index (χ1v) is 6.64. The van der Waals surface area contributed by atoms with Gasteiger partial charge in [0, 0.05) is 0 Å². The summed E-state index contributed by atoms with van der Waals surface area (Å²) in [7, 11) is 0. The van der Waals surface area contributed by atoms with Gasteiger partial charge < -0.3 is 14.8 Å². The number of rotatable bonds is 6. The van der Waals surface area contributed by atoms with Crippen molar-refractivity contribution in [3.63, 3.8) is 0 Å². The summed E-state index contributed by atoms with van der Waals surface area (Å²) >= 11 is 0. The van der Waals surface area contributed by atoms with Crippen LogP contribution in [-0.2, 0) is 16.1 Å². The Hall–Kier alpha value is -1.81. The number of amides is 1. The van der Waals surface area contributed by atoms with Crippen molar-refractivity contribution in [1.29, 1.82) is 0 Å². The third kappa shape index (κ3) is 6.95. The van der Waals surface area contributed by atoms with Gasteiger partial charge in [0.25, 0.3) is 0 Å². The standard InChI is InChI=1S/C16H23NO3/c1-5-14(17-15(18)20-16(2,3)4)12-19-11-13-9-7-6-8-10-13/h5-10,14H,1,11-12H2,2-4H3,(H,17,18)/t14-/m0/s1. The van der Waals surface area contributed by atoms with Gasteiger partial charge in [-0.05, 0) is 26.3 Å². The van der Waals surface area contributed by atoms with Gasteiger partial charge in [-0.3, -0.25) is 0 Å². The maximum absolute atomic E-state index is 11.6. The molecule has 0 spiro atoms. The molecule has 0 aliphatic rings. The lowest BCUT2D eigenvalue weighted by Gasteiger charge is -2.22. The molecule has 1 amide bonds. The molecule has 0 aliphatic carbocycles. The van der Waals surface area contributed by atoms with E-state index in [1.54, 1.807) is 6.08 Å². The Balaban J connectivity index is 2.33. The second-order valence-electron chi connectivity index (χ2n) is 5.49. The van der Waals surface area contributed by atoms with Crippen molar-refractivity contribution >= 4 is 6.09 Å². The Morgan fingerprint density at radius 2 is 2.00 bits per heavy atom. The van der Waals surface area contributed by atoms with Gasteiger partial charge in [-0.25, -0.2) is 4.79 Å². The van der Waals surface area contributed by atoms with E-state index < -0.39 is 11.7 Å². The van der Waals surface area contributed by atoms with Crippen LogP contribution in [0.1, 0.15) is 26.3 Å². The maximum Gasteiger partial charge on any atom is 0.408 e. The van der Waals surface area contributed by atoms with Crippen LogP contribution >= 0.6 is 0 Å². The normalized spacial score (nSPS) is 12.6. The highest BCUT2D eigenvalue weighted by molar-refractivity contribution is 5.68. The molecular weight excluding hydrogens is 254 g/mol. The second-order valence-corrected chi connectivity index (χ2v) is 5.49. The van der Waals surface area contributed by atoms with Crippen LogP contribution in [0.2, 0.25) is 0 Å². The number of nitrogens with one attached hydrogen (secondary N) is 1. The van der Waals surface area contributed by atoms with Crippen molar-refractivity contribution in [1.82, 2.24) is 5.32 Å². The molecule has 0 fully saturated rings. The van der Waals surface area contributed by atoms with E-state index in [-0.39, 0.29) is 6.04 Å². The van der Waals surface area contributed by atoms with E-state index in [0.29, 0.717) is 13.2 Å². The van der Waals surface area contributed by atoms with E-state index in [1.807, 2.05) is 51.1 Å². The van der Waals surface area contributed by atoms with Gasteiger partial charge in [-0.15, -0.1) is 6.58 Å². The summed E-state index contributed by atoms with van der Waals surface area (Å²) in [6.45, 7) is 10.0. The fourth-order valence-electron chi connectivity index (χ4n) is 1.51. The van der Waals surface area contributed by atoms with Gasteiger partial charge >= 0.3 is 6.09 Å². The summed E-state index contributed by atoms with van der Waals surface area (Å²) in [6.07, 6.45) is 1.17. The van der Waals surface area contributed by atoms with Gasteiger partial charge in [0.15, 0.2) is 0 Å². The molecular formula is C16H23NO3. The Labute approximate surface area is 120 Å². The smallest absolute Gasteiger partial charge is 0.408 e. The molecule has 1 aromatic rings. The lowest BCUT2D eigenvalue weighted by Crippen LogP contribution is -2.40. The summed E-state index contributed by atoms with van der Waals surface area (Å²) in [5.74, 6) is 0. The summed E-state index contributed by atoms with van der Waals surface area (Å²) < 4.78 is 10.7. The maximum atomic E-state index is 11.6. The van der Waals surface area contributed by atoms with Gasteiger partial charge in [0.1, 0.15) is 5.60 Å². The fourth-order valence-corrected chi connectivity index (χ4v) is 1.51. The van der Waals surface area contributed by atoms with Crippen LogP contribution < -0.4 is 5.32 Å². The third-order valence-corrected chi connectivity index (χ3v) is 2.40. The number of hydrogen-bond acceptors (Lipinski definition) is 3.